The molecule has 1 atom stereocenters. The van der Waals surface area contributed by atoms with Crippen LogP contribution in [0, 0.1) is 10.1 Å². The Labute approximate surface area is 121 Å². The van der Waals surface area contributed by atoms with Crippen molar-refractivity contribution in [1.82, 2.24) is 5.32 Å². The summed E-state index contributed by atoms with van der Waals surface area (Å²) in [7, 11) is 1.35. The van der Waals surface area contributed by atoms with E-state index in [1.54, 1.807) is 0 Å². The minimum absolute atomic E-state index is 0.0199. The molecule has 1 rings (SSSR count). The Hall–Kier alpha value is -2.35. The van der Waals surface area contributed by atoms with Crippen LogP contribution in [0.5, 0.6) is 11.5 Å². The highest BCUT2D eigenvalue weighted by Crippen LogP contribution is 2.31. The van der Waals surface area contributed by atoms with Gasteiger partial charge >= 0.3 is 5.97 Å². The first-order valence-corrected chi connectivity index (χ1v) is 6.29. The molecule has 0 saturated carbocycles. The van der Waals surface area contributed by atoms with Gasteiger partial charge in [-0.15, -0.1) is 0 Å². The quantitative estimate of drug-likeness (QED) is 0.551. The minimum atomic E-state index is -1.04. The van der Waals surface area contributed by atoms with Gasteiger partial charge in [-0.2, -0.15) is 0 Å². The Morgan fingerprint density at radius 1 is 1.43 bits per heavy atom. The first kappa shape index (κ1) is 16.7. The lowest BCUT2D eigenvalue weighted by Gasteiger charge is -2.18. The van der Waals surface area contributed by atoms with Gasteiger partial charge in [-0.3, -0.25) is 20.2 Å². The largest absolute Gasteiger partial charge is 0.493 e. The lowest BCUT2D eigenvalue weighted by Crippen LogP contribution is -2.44. The van der Waals surface area contributed by atoms with Gasteiger partial charge in [0.25, 0.3) is 5.69 Å². The van der Waals surface area contributed by atoms with Crippen LogP contribution in [-0.2, 0) is 4.79 Å². The molecule has 1 aromatic rings. The highest BCUT2D eigenvalue weighted by atomic mass is 16.6. The Morgan fingerprint density at radius 2 is 2.10 bits per heavy atom. The summed E-state index contributed by atoms with van der Waals surface area (Å²) < 4.78 is 10.4. The van der Waals surface area contributed by atoms with E-state index in [-0.39, 0.29) is 29.8 Å². The molecular weight excluding hydrogens is 280 g/mol. The van der Waals surface area contributed by atoms with Crippen LogP contribution >= 0.6 is 0 Å². The minimum Gasteiger partial charge on any atom is -0.493 e. The third kappa shape index (κ3) is 4.92. The van der Waals surface area contributed by atoms with Crippen LogP contribution in [-0.4, -0.2) is 41.8 Å². The van der Waals surface area contributed by atoms with Crippen molar-refractivity contribution in [2.75, 3.05) is 13.7 Å². The van der Waals surface area contributed by atoms with Gasteiger partial charge in [-0.1, -0.05) is 13.8 Å². The Balaban J connectivity index is 2.82. The van der Waals surface area contributed by atoms with E-state index in [0.717, 1.165) is 0 Å². The van der Waals surface area contributed by atoms with Crippen molar-refractivity contribution in [3.8, 4) is 11.5 Å². The van der Waals surface area contributed by atoms with E-state index in [1.807, 2.05) is 13.8 Å². The second kappa shape index (κ2) is 7.44. The molecule has 0 fully saturated rings. The molecule has 0 spiro atoms. The van der Waals surface area contributed by atoms with E-state index in [4.69, 9.17) is 14.6 Å². The normalized spacial score (nSPS) is 12.0. The lowest BCUT2D eigenvalue weighted by molar-refractivity contribution is -0.385. The number of ether oxygens (including phenoxy) is 2. The van der Waals surface area contributed by atoms with Crippen LogP contribution < -0.4 is 14.8 Å². The predicted molar refractivity (Wildman–Crippen MR) is 74.8 cm³/mol. The molecule has 0 heterocycles. The van der Waals surface area contributed by atoms with Gasteiger partial charge < -0.3 is 14.6 Å². The van der Waals surface area contributed by atoms with Crippen LogP contribution in [0.2, 0.25) is 0 Å². The summed E-state index contributed by atoms with van der Waals surface area (Å²) in [6.07, 6.45) is 0. The molecule has 0 aliphatic carbocycles. The first-order chi connectivity index (χ1) is 9.85. The van der Waals surface area contributed by atoms with E-state index >= 15 is 0 Å². The highest BCUT2D eigenvalue weighted by Gasteiger charge is 2.20. The zero-order valence-electron chi connectivity index (χ0n) is 12.0. The molecule has 1 aromatic carbocycles. The third-order valence-electron chi connectivity index (χ3n) is 2.60. The van der Waals surface area contributed by atoms with Gasteiger partial charge in [0.05, 0.1) is 18.1 Å². The molecule has 0 aromatic heterocycles. The summed E-state index contributed by atoms with van der Waals surface area (Å²) in [4.78, 5) is 21.2. The number of methoxy groups -OCH3 is 1. The average molecular weight is 298 g/mol. The molecule has 2 N–H and O–H groups in total. The summed E-state index contributed by atoms with van der Waals surface area (Å²) in [6, 6.07) is 2.97. The number of carboxylic acids is 1. The van der Waals surface area contributed by atoms with Crippen LogP contribution in [0.15, 0.2) is 18.2 Å². The topological polar surface area (TPSA) is 111 Å². The number of aliphatic carboxylic acids is 1. The highest BCUT2D eigenvalue weighted by molar-refractivity contribution is 5.73. The number of hydrogen-bond donors (Lipinski definition) is 2. The van der Waals surface area contributed by atoms with Crippen molar-refractivity contribution in [2.24, 2.45) is 0 Å². The maximum atomic E-state index is 11.1. The monoisotopic (exact) mass is 298 g/mol. The van der Waals surface area contributed by atoms with Gasteiger partial charge in [-0.05, 0) is 6.07 Å². The van der Waals surface area contributed by atoms with Crippen molar-refractivity contribution in [3.05, 3.63) is 28.3 Å². The number of rotatable bonds is 8. The van der Waals surface area contributed by atoms with Crippen molar-refractivity contribution in [2.45, 2.75) is 25.9 Å². The van der Waals surface area contributed by atoms with Gasteiger partial charge in [0.1, 0.15) is 12.6 Å². The molecule has 0 aliphatic heterocycles. The summed E-state index contributed by atoms with van der Waals surface area (Å²) in [5.41, 5.74) is -0.130. The molecule has 1 unspecified atom stereocenters. The standard InChI is InChI=1S/C13H18N2O6/c1-8(2)14-10(13(16)17)7-21-11-5-4-9(15(18)19)6-12(11)20-3/h4-6,8,10,14H,7H2,1-3H3,(H,16,17). The van der Waals surface area contributed by atoms with Crippen molar-refractivity contribution in [1.29, 1.82) is 0 Å². The van der Waals surface area contributed by atoms with Crippen molar-refractivity contribution >= 4 is 11.7 Å². The zero-order valence-corrected chi connectivity index (χ0v) is 12.0. The number of carboxylic acid groups (broad SMARTS) is 1. The fraction of sp³-hybridized carbons (Fsp3) is 0.462. The number of benzene rings is 1. The van der Waals surface area contributed by atoms with E-state index in [1.165, 1.54) is 25.3 Å². The summed E-state index contributed by atoms with van der Waals surface area (Å²) >= 11 is 0. The first-order valence-electron chi connectivity index (χ1n) is 6.29. The third-order valence-corrected chi connectivity index (χ3v) is 2.60. The molecular formula is C13H18N2O6. The smallest absolute Gasteiger partial charge is 0.324 e. The Bertz CT molecular complexity index is 517. The summed E-state index contributed by atoms with van der Waals surface area (Å²) in [5, 5.41) is 22.6. The zero-order chi connectivity index (χ0) is 16.0. The SMILES string of the molecule is COc1cc([N+](=O)[O-])ccc1OCC(NC(C)C)C(=O)O. The number of nitro benzene ring substituents is 1. The Morgan fingerprint density at radius 3 is 2.57 bits per heavy atom. The molecule has 0 saturated heterocycles. The molecule has 0 radical (unpaired) electrons. The molecule has 21 heavy (non-hydrogen) atoms. The van der Waals surface area contributed by atoms with Crippen molar-refractivity contribution in [3.63, 3.8) is 0 Å². The molecule has 0 amide bonds. The van der Waals surface area contributed by atoms with Crippen LogP contribution in [0.25, 0.3) is 0 Å². The van der Waals surface area contributed by atoms with E-state index in [9.17, 15) is 14.9 Å². The molecule has 8 heteroatoms. The molecule has 116 valence electrons. The van der Waals surface area contributed by atoms with Gasteiger partial charge in [0, 0.05) is 12.1 Å². The number of nitrogens with one attached hydrogen (secondary N) is 1. The number of nitro groups is 1. The summed E-state index contributed by atoms with van der Waals surface area (Å²) in [6.45, 7) is 3.52. The molecule has 8 nitrogen and oxygen atoms in total. The second-order valence-electron chi connectivity index (χ2n) is 4.62. The fourth-order valence-corrected chi connectivity index (χ4v) is 1.66. The van der Waals surface area contributed by atoms with Crippen LogP contribution in [0.3, 0.4) is 0 Å². The van der Waals surface area contributed by atoms with Gasteiger partial charge in [-0.25, -0.2) is 0 Å². The van der Waals surface area contributed by atoms with Gasteiger partial charge in [0.15, 0.2) is 11.5 Å². The second-order valence-corrected chi connectivity index (χ2v) is 4.62. The fourth-order valence-electron chi connectivity index (χ4n) is 1.66. The van der Waals surface area contributed by atoms with Crippen LogP contribution in [0.1, 0.15) is 13.8 Å². The molecule has 0 bridgehead atoms. The van der Waals surface area contributed by atoms with Crippen LogP contribution in [0.4, 0.5) is 5.69 Å². The van der Waals surface area contributed by atoms with E-state index < -0.39 is 16.9 Å². The van der Waals surface area contributed by atoms with Gasteiger partial charge in [0.2, 0.25) is 0 Å². The number of hydrogen-bond acceptors (Lipinski definition) is 6. The van der Waals surface area contributed by atoms with Crippen molar-refractivity contribution < 1.29 is 24.3 Å². The van der Waals surface area contributed by atoms with E-state index in [2.05, 4.69) is 5.32 Å². The van der Waals surface area contributed by atoms with E-state index in [0.29, 0.717) is 0 Å². The average Bonchev–Trinajstić information content (AvgIpc) is 2.42. The molecule has 0 aliphatic rings. The maximum Gasteiger partial charge on any atom is 0.324 e. The number of non-ortho nitro benzene ring substituents is 1. The predicted octanol–water partition coefficient (Wildman–Crippen LogP) is 1.43. The summed E-state index contributed by atoms with van der Waals surface area (Å²) in [5.74, 6) is -0.609. The Kier molecular flexibility index (Phi) is 5.92. The lowest BCUT2D eigenvalue weighted by atomic mass is 10.2. The maximum absolute atomic E-state index is 11.1. The number of nitrogens with zero attached hydrogens (tertiary/aromatic N) is 1. The number of carbonyl (C=O) groups is 1.